The van der Waals surface area contributed by atoms with Gasteiger partial charge in [0.05, 0.1) is 6.61 Å². The Kier molecular flexibility index (Phi) is 34.9. The SMILES string of the molecule is CCCCCCCCC=CCCCCCCCCCC(=O)OCC(COP(=O)(O)OC1C(O)C(O)C(O)C(OP(=O)(O)O)C1O)OC(=O)CCCCCCCCCCCCCCC. The number of phosphoric ester groups is 2. The summed E-state index contributed by atoms with van der Waals surface area (Å²) in [6.45, 7) is 3.11. The molecule has 0 aliphatic heterocycles. The predicted molar refractivity (Wildman–Crippen MR) is 241 cm³/mol. The zero-order valence-corrected chi connectivity index (χ0v) is 40.3. The van der Waals surface area contributed by atoms with Crippen LogP contribution >= 0.6 is 15.6 Å². The van der Waals surface area contributed by atoms with Crippen molar-refractivity contribution < 1.29 is 76.9 Å². The summed E-state index contributed by atoms with van der Waals surface area (Å²) in [4.78, 5) is 54.3. The van der Waals surface area contributed by atoms with Crippen LogP contribution in [0.2, 0.25) is 0 Å². The van der Waals surface area contributed by atoms with Crippen molar-refractivity contribution in [3.63, 3.8) is 0 Å². The Bertz CT molecular complexity index is 1280. The van der Waals surface area contributed by atoms with Gasteiger partial charge in [0.2, 0.25) is 0 Å². The molecule has 0 saturated heterocycles. The van der Waals surface area contributed by atoms with Crippen LogP contribution in [0.3, 0.4) is 0 Å². The van der Waals surface area contributed by atoms with E-state index < -0.39 is 83.5 Å². The van der Waals surface area contributed by atoms with Crippen LogP contribution in [0, 0.1) is 0 Å². The van der Waals surface area contributed by atoms with Gasteiger partial charge in [-0.15, -0.1) is 0 Å². The van der Waals surface area contributed by atoms with Crippen molar-refractivity contribution in [2.24, 2.45) is 0 Å². The summed E-state index contributed by atoms with van der Waals surface area (Å²) in [5, 5.41) is 41.2. The number of unbranched alkanes of at least 4 members (excludes halogenated alkanes) is 25. The van der Waals surface area contributed by atoms with E-state index in [0.29, 0.717) is 12.8 Å². The zero-order chi connectivity index (χ0) is 46.8. The van der Waals surface area contributed by atoms with Gasteiger partial charge < -0.3 is 44.6 Å². The van der Waals surface area contributed by atoms with Gasteiger partial charge in [0.15, 0.2) is 6.10 Å². The molecule has 16 nitrogen and oxygen atoms in total. The minimum atomic E-state index is -5.36. The lowest BCUT2D eigenvalue weighted by molar-refractivity contribution is -0.216. The van der Waals surface area contributed by atoms with Crippen LogP contribution in [-0.4, -0.2) is 103 Å². The summed E-state index contributed by atoms with van der Waals surface area (Å²) in [6, 6.07) is 0. The Balaban J connectivity index is 2.56. The molecule has 0 aromatic rings. The van der Waals surface area contributed by atoms with Crippen LogP contribution < -0.4 is 0 Å². The minimum absolute atomic E-state index is 0.0487. The number of phosphoric acid groups is 2. The third-order valence-electron chi connectivity index (χ3n) is 11.3. The summed E-state index contributed by atoms with van der Waals surface area (Å²) < 4.78 is 49.4. The van der Waals surface area contributed by atoms with Crippen molar-refractivity contribution in [3.05, 3.63) is 12.2 Å². The number of rotatable bonds is 41. The monoisotopic (exact) mass is 945 g/mol. The van der Waals surface area contributed by atoms with Crippen LogP contribution in [0.25, 0.3) is 0 Å². The van der Waals surface area contributed by atoms with E-state index in [-0.39, 0.29) is 12.8 Å². The lowest BCUT2D eigenvalue weighted by atomic mass is 9.85. The second-order valence-corrected chi connectivity index (χ2v) is 19.8. The zero-order valence-electron chi connectivity index (χ0n) is 38.5. The number of hydrogen-bond donors (Lipinski definition) is 7. The Hall–Kier alpha value is -1.26. The van der Waals surface area contributed by atoms with E-state index in [0.717, 1.165) is 70.6 Å². The molecule has 1 aliphatic carbocycles. The third-order valence-corrected chi connectivity index (χ3v) is 12.8. The molecule has 18 heteroatoms. The molecular weight excluding hydrogens is 858 g/mol. The van der Waals surface area contributed by atoms with Crippen molar-refractivity contribution >= 4 is 27.6 Å². The molecule has 0 aromatic carbocycles. The fourth-order valence-electron chi connectivity index (χ4n) is 7.55. The number of aliphatic hydroxyl groups is 4. The average molecular weight is 945 g/mol. The molecule has 0 heterocycles. The van der Waals surface area contributed by atoms with E-state index in [1.54, 1.807) is 0 Å². The van der Waals surface area contributed by atoms with E-state index in [4.69, 9.17) is 28.3 Å². The highest BCUT2D eigenvalue weighted by Gasteiger charge is 2.54. The fourth-order valence-corrected chi connectivity index (χ4v) is 9.09. The molecule has 7 N–H and O–H groups in total. The average Bonchev–Trinajstić information content (AvgIpc) is 3.23. The highest BCUT2D eigenvalue weighted by Crippen LogP contribution is 2.49. The molecule has 0 amide bonds. The van der Waals surface area contributed by atoms with Crippen molar-refractivity contribution in [1.29, 1.82) is 0 Å². The quantitative estimate of drug-likeness (QED) is 0.0130. The summed E-state index contributed by atoms with van der Waals surface area (Å²) in [5.74, 6) is -1.20. The predicted octanol–water partition coefficient (Wildman–Crippen LogP) is 9.18. The largest absolute Gasteiger partial charge is 0.472 e. The molecule has 1 saturated carbocycles. The standard InChI is InChI=1S/C45H86O16P2/c1-3-5-7-9-11-13-15-17-18-19-20-22-23-25-27-29-31-33-38(46)57-35-37(59-39(47)34-32-30-28-26-24-21-16-14-12-10-8-6-4-2)36-58-63(55,56)61-45-42(50)40(48)41(49)44(43(45)51)60-62(52,53)54/h17-18,37,40-45,48-51H,3-16,19-36H2,1-2H3,(H,55,56)(H2,52,53,54). The van der Waals surface area contributed by atoms with Crippen molar-refractivity contribution in [3.8, 4) is 0 Å². The second kappa shape index (κ2) is 36.8. The maximum atomic E-state index is 13.0. The van der Waals surface area contributed by atoms with Crippen LogP contribution in [0.4, 0.5) is 0 Å². The number of carbonyl (C=O) groups excluding carboxylic acids is 2. The van der Waals surface area contributed by atoms with Gasteiger partial charge in [-0.2, -0.15) is 0 Å². The topological polar surface area (TPSA) is 256 Å². The number of esters is 2. The summed E-state index contributed by atoms with van der Waals surface area (Å²) in [7, 11) is -10.7. The Morgan fingerprint density at radius 2 is 0.873 bits per heavy atom. The summed E-state index contributed by atoms with van der Waals surface area (Å²) in [5.41, 5.74) is 0. The van der Waals surface area contributed by atoms with Crippen molar-refractivity contribution in [2.45, 2.75) is 249 Å². The third kappa shape index (κ3) is 31.4. The van der Waals surface area contributed by atoms with Gasteiger partial charge in [-0.05, 0) is 38.5 Å². The van der Waals surface area contributed by atoms with Gasteiger partial charge >= 0.3 is 27.6 Å². The molecule has 0 aromatic heterocycles. The first-order valence-electron chi connectivity index (χ1n) is 24.2. The highest BCUT2D eigenvalue weighted by molar-refractivity contribution is 7.47. The molecule has 1 aliphatic rings. The van der Waals surface area contributed by atoms with Crippen LogP contribution in [0.15, 0.2) is 12.2 Å². The number of ether oxygens (including phenoxy) is 2. The minimum Gasteiger partial charge on any atom is -0.462 e. The van der Waals surface area contributed by atoms with E-state index in [1.807, 2.05) is 0 Å². The first-order chi connectivity index (χ1) is 30.1. The van der Waals surface area contributed by atoms with E-state index in [1.165, 1.54) is 96.3 Å². The van der Waals surface area contributed by atoms with Gasteiger partial charge in [-0.3, -0.25) is 23.2 Å². The van der Waals surface area contributed by atoms with Gasteiger partial charge in [0.25, 0.3) is 0 Å². The molecule has 0 radical (unpaired) electrons. The van der Waals surface area contributed by atoms with E-state index in [9.17, 15) is 44.0 Å². The number of carbonyl (C=O) groups is 2. The smallest absolute Gasteiger partial charge is 0.462 e. The molecule has 8 atom stereocenters. The van der Waals surface area contributed by atoms with E-state index in [2.05, 4.69) is 30.5 Å². The molecule has 1 rings (SSSR count). The van der Waals surface area contributed by atoms with Gasteiger partial charge in [-0.25, -0.2) is 9.13 Å². The van der Waals surface area contributed by atoms with Crippen molar-refractivity contribution in [1.82, 2.24) is 0 Å². The first kappa shape index (κ1) is 59.8. The second-order valence-electron chi connectivity index (χ2n) is 17.2. The first-order valence-corrected chi connectivity index (χ1v) is 27.3. The molecular formula is C45H86O16P2. The Morgan fingerprint density at radius 1 is 0.492 bits per heavy atom. The van der Waals surface area contributed by atoms with Crippen LogP contribution in [0.1, 0.15) is 206 Å². The fraction of sp³-hybridized carbons (Fsp3) is 0.911. The Morgan fingerprint density at radius 3 is 1.30 bits per heavy atom. The maximum Gasteiger partial charge on any atom is 0.472 e. The van der Waals surface area contributed by atoms with Gasteiger partial charge in [0.1, 0.15) is 43.2 Å². The summed E-state index contributed by atoms with van der Waals surface area (Å²) >= 11 is 0. The molecule has 1 fully saturated rings. The molecule has 63 heavy (non-hydrogen) atoms. The molecule has 0 bridgehead atoms. The summed E-state index contributed by atoms with van der Waals surface area (Å²) in [6.07, 6.45) is 21.7. The number of allylic oxidation sites excluding steroid dienone is 2. The normalized spacial score (nSPS) is 22.0. The van der Waals surface area contributed by atoms with Gasteiger partial charge in [-0.1, -0.05) is 167 Å². The number of aliphatic hydroxyl groups excluding tert-OH is 4. The highest BCUT2D eigenvalue weighted by atomic mass is 31.2. The molecule has 8 unspecified atom stereocenters. The lowest BCUT2D eigenvalue weighted by Gasteiger charge is -2.43. The molecule has 0 spiro atoms. The van der Waals surface area contributed by atoms with Crippen molar-refractivity contribution in [2.75, 3.05) is 13.2 Å². The van der Waals surface area contributed by atoms with Gasteiger partial charge in [0, 0.05) is 12.8 Å². The van der Waals surface area contributed by atoms with Crippen LogP contribution in [-0.2, 0) is 41.8 Å². The lowest BCUT2D eigenvalue weighted by Crippen LogP contribution is -2.64. The van der Waals surface area contributed by atoms with E-state index >= 15 is 0 Å². The maximum absolute atomic E-state index is 13.0. The van der Waals surface area contributed by atoms with Crippen LogP contribution in [0.5, 0.6) is 0 Å². The Labute approximate surface area is 378 Å². The molecule has 372 valence electrons. The number of hydrogen-bond acceptors (Lipinski definition) is 13.